The van der Waals surface area contributed by atoms with Crippen LogP contribution in [0.15, 0.2) is 16.0 Å². The molecule has 0 bridgehead atoms. The Labute approximate surface area is 173 Å². The highest BCUT2D eigenvalue weighted by Crippen LogP contribution is 2.22. The number of hydrogen-bond donors (Lipinski definition) is 2. The smallest absolute Gasteiger partial charge is 0.475 e. The first-order valence-corrected chi connectivity index (χ1v) is 9.82. The minimum absolute atomic E-state index is 0.214. The molecule has 1 aliphatic rings. The maximum atomic E-state index is 12.1. The van der Waals surface area contributed by atoms with Gasteiger partial charge >= 0.3 is 12.1 Å². The van der Waals surface area contributed by atoms with Crippen LogP contribution in [0.5, 0.6) is 0 Å². The number of aryl methyl sites for hydroxylation is 1. The van der Waals surface area contributed by atoms with Crippen molar-refractivity contribution in [3.8, 4) is 11.5 Å². The van der Waals surface area contributed by atoms with Crippen molar-refractivity contribution in [2.75, 3.05) is 39.4 Å². The molecular formula is C17H21F3N4O5S. The van der Waals surface area contributed by atoms with Gasteiger partial charge in [0, 0.05) is 31.1 Å². The van der Waals surface area contributed by atoms with Gasteiger partial charge in [0.1, 0.15) is 5.69 Å². The van der Waals surface area contributed by atoms with Crippen molar-refractivity contribution in [3.63, 3.8) is 0 Å². The number of alkyl halides is 3. The first kappa shape index (κ1) is 23.8. The predicted octanol–water partition coefficient (Wildman–Crippen LogP) is 2.19. The zero-order valence-corrected chi connectivity index (χ0v) is 16.9. The third kappa shape index (κ3) is 7.72. The molecular weight excluding hydrogens is 429 g/mol. The molecule has 0 atom stereocenters. The van der Waals surface area contributed by atoms with Crippen LogP contribution in [0.3, 0.4) is 0 Å². The number of hydrogen-bond acceptors (Lipinski definition) is 8. The van der Waals surface area contributed by atoms with Gasteiger partial charge in [-0.15, -0.1) is 11.3 Å². The molecule has 3 rings (SSSR count). The number of amides is 1. The molecule has 9 nitrogen and oxygen atoms in total. The van der Waals surface area contributed by atoms with Crippen molar-refractivity contribution in [2.24, 2.45) is 0 Å². The van der Waals surface area contributed by atoms with Gasteiger partial charge in [0.25, 0.3) is 5.91 Å². The number of carboxylic acid groups (broad SMARTS) is 1. The van der Waals surface area contributed by atoms with Gasteiger partial charge in [0.05, 0.1) is 18.2 Å². The SMILES string of the molecule is Cc1nc(-c2cc(C(=O)NCCCN3CCOCC3)no2)cs1.O=C(O)C(F)(F)F. The summed E-state index contributed by atoms with van der Waals surface area (Å²) < 4.78 is 42.2. The fraction of sp³-hybridized carbons (Fsp3) is 0.529. The van der Waals surface area contributed by atoms with E-state index in [4.69, 9.17) is 19.2 Å². The van der Waals surface area contributed by atoms with E-state index in [0.717, 1.165) is 44.3 Å². The van der Waals surface area contributed by atoms with Crippen LogP contribution in [-0.2, 0) is 9.53 Å². The second-order valence-electron chi connectivity index (χ2n) is 6.19. The largest absolute Gasteiger partial charge is 0.490 e. The summed E-state index contributed by atoms with van der Waals surface area (Å²) in [4.78, 5) is 27.6. The van der Waals surface area contributed by atoms with Gasteiger partial charge in [-0.2, -0.15) is 13.2 Å². The van der Waals surface area contributed by atoms with Crippen LogP contribution >= 0.6 is 11.3 Å². The first-order chi connectivity index (χ1) is 14.2. The summed E-state index contributed by atoms with van der Waals surface area (Å²) >= 11 is 1.53. The Bertz CT molecular complexity index is 833. The molecule has 2 aromatic rings. The zero-order valence-electron chi connectivity index (χ0n) is 16.1. The monoisotopic (exact) mass is 450 g/mol. The van der Waals surface area contributed by atoms with Crippen molar-refractivity contribution < 1.29 is 37.1 Å². The lowest BCUT2D eigenvalue weighted by Crippen LogP contribution is -2.38. The van der Waals surface area contributed by atoms with Gasteiger partial charge < -0.3 is 19.7 Å². The molecule has 3 heterocycles. The highest BCUT2D eigenvalue weighted by Gasteiger charge is 2.38. The maximum Gasteiger partial charge on any atom is 0.490 e. The topological polar surface area (TPSA) is 118 Å². The lowest BCUT2D eigenvalue weighted by Gasteiger charge is -2.26. The van der Waals surface area contributed by atoms with Crippen molar-refractivity contribution in [1.82, 2.24) is 20.4 Å². The number of aromatic nitrogens is 2. The number of nitrogens with one attached hydrogen (secondary N) is 1. The standard InChI is InChI=1S/C15H20N4O3S.C2HF3O2/c1-11-17-13(10-23-11)14-9-12(18-22-14)15(20)16-3-2-4-19-5-7-21-8-6-19;3-2(4,5)1(6)7/h9-10H,2-8H2,1H3,(H,16,20);(H,6,7). The van der Waals surface area contributed by atoms with E-state index in [1.165, 1.54) is 11.3 Å². The fourth-order valence-electron chi connectivity index (χ4n) is 2.40. The minimum atomic E-state index is -5.08. The van der Waals surface area contributed by atoms with Crippen molar-refractivity contribution in [3.05, 3.63) is 22.1 Å². The number of ether oxygens (including phenoxy) is 1. The second kappa shape index (κ2) is 11.0. The first-order valence-electron chi connectivity index (χ1n) is 8.94. The van der Waals surface area contributed by atoms with E-state index < -0.39 is 12.1 Å². The number of halogens is 3. The van der Waals surface area contributed by atoms with Crippen LogP contribution in [0.1, 0.15) is 21.9 Å². The van der Waals surface area contributed by atoms with E-state index in [2.05, 4.69) is 20.4 Å². The Morgan fingerprint density at radius 1 is 1.33 bits per heavy atom. The molecule has 13 heteroatoms. The molecule has 2 N–H and O–H groups in total. The highest BCUT2D eigenvalue weighted by molar-refractivity contribution is 7.09. The lowest BCUT2D eigenvalue weighted by molar-refractivity contribution is -0.192. The number of aliphatic carboxylic acids is 1. The number of thiazole rings is 1. The second-order valence-corrected chi connectivity index (χ2v) is 7.26. The van der Waals surface area contributed by atoms with Gasteiger partial charge in [-0.05, 0) is 19.9 Å². The number of rotatable bonds is 6. The predicted molar refractivity (Wildman–Crippen MR) is 100 cm³/mol. The number of morpholine rings is 1. The van der Waals surface area contributed by atoms with Crippen molar-refractivity contribution >= 4 is 23.2 Å². The van der Waals surface area contributed by atoms with Gasteiger partial charge in [-0.25, -0.2) is 9.78 Å². The van der Waals surface area contributed by atoms with Crippen LogP contribution in [0.4, 0.5) is 13.2 Å². The Hall–Kier alpha value is -2.51. The molecule has 0 aliphatic carbocycles. The molecule has 1 saturated heterocycles. The Morgan fingerprint density at radius 3 is 2.57 bits per heavy atom. The van der Waals surface area contributed by atoms with Crippen molar-refractivity contribution in [2.45, 2.75) is 19.5 Å². The Balaban J connectivity index is 0.000000396. The molecule has 0 radical (unpaired) electrons. The van der Waals surface area contributed by atoms with E-state index in [-0.39, 0.29) is 11.6 Å². The zero-order chi connectivity index (χ0) is 22.1. The van der Waals surface area contributed by atoms with E-state index in [1.54, 1.807) is 6.07 Å². The number of carboxylic acids is 1. The summed E-state index contributed by atoms with van der Waals surface area (Å²) in [6.45, 7) is 7.03. The van der Waals surface area contributed by atoms with Crippen LogP contribution in [0, 0.1) is 6.92 Å². The molecule has 1 aliphatic heterocycles. The molecule has 0 unspecified atom stereocenters. The summed E-state index contributed by atoms with van der Waals surface area (Å²) in [7, 11) is 0. The third-order valence-electron chi connectivity index (χ3n) is 3.90. The van der Waals surface area contributed by atoms with Crippen LogP contribution in [0.25, 0.3) is 11.5 Å². The van der Waals surface area contributed by atoms with Crippen LogP contribution in [-0.4, -0.2) is 77.6 Å². The minimum Gasteiger partial charge on any atom is -0.475 e. The number of carbonyl (C=O) groups is 2. The summed E-state index contributed by atoms with van der Waals surface area (Å²) in [5, 5.41) is 16.7. The van der Waals surface area contributed by atoms with Crippen LogP contribution < -0.4 is 5.32 Å². The highest BCUT2D eigenvalue weighted by atomic mass is 32.1. The summed E-state index contributed by atoms with van der Waals surface area (Å²) in [6, 6.07) is 1.63. The van der Waals surface area contributed by atoms with E-state index in [1.807, 2.05) is 12.3 Å². The molecule has 0 saturated carbocycles. The van der Waals surface area contributed by atoms with Gasteiger partial charge in [0.2, 0.25) is 0 Å². The van der Waals surface area contributed by atoms with E-state index >= 15 is 0 Å². The lowest BCUT2D eigenvalue weighted by atomic mass is 10.3. The normalized spacial score (nSPS) is 14.7. The Morgan fingerprint density at radius 2 is 2.00 bits per heavy atom. The van der Waals surface area contributed by atoms with Gasteiger partial charge in [-0.3, -0.25) is 9.69 Å². The van der Waals surface area contributed by atoms with E-state index in [0.29, 0.717) is 18.0 Å². The van der Waals surface area contributed by atoms with E-state index in [9.17, 15) is 18.0 Å². The molecule has 1 fully saturated rings. The number of carbonyl (C=O) groups excluding carboxylic acids is 1. The number of nitrogens with zero attached hydrogens (tertiary/aromatic N) is 3. The Kier molecular flexibility index (Phi) is 8.74. The average molecular weight is 450 g/mol. The third-order valence-corrected chi connectivity index (χ3v) is 4.67. The molecule has 0 aromatic carbocycles. The van der Waals surface area contributed by atoms with Crippen molar-refractivity contribution in [1.29, 1.82) is 0 Å². The fourth-order valence-corrected chi connectivity index (χ4v) is 3.00. The summed E-state index contributed by atoms with van der Waals surface area (Å²) in [6.07, 6.45) is -4.18. The summed E-state index contributed by atoms with van der Waals surface area (Å²) in [5.74, 6) is -2.45. The average Bonchev–Trinajstić information content (AvgIpc) is 3.35. The maximum absolute atomic E-state index is 12.1. The molecule has 30 heavy (non-hydrogen) atoms. The molecule has 166 valence electrons. The summed E-state index contributed by atoms with van der Waals surface area (Å²) in [5.41, 5.74) is 1.00. The quantitative estimate of drug-likeness (QED) is 0.643. The molecule has 0 spiro atoms. The van der Waals surface area contributed by atoms with Gasteiger partial charge in [-0.1, -0.05) is 5.16 Å². The van der Waals surface area contributed by atoms with Crippen LogP contribution in [0.2, 0.25) is 0 Å². The van der Waals surface area contributed by atoms with Gasteiger partial charge in [0.15, 0.2) is 11.5 Å². The molecule has 2 aromatic heterocycles. The molecule has 1 amide bonds.